The van der Waals surface area contributed by atoms with E-state index in [1.165, 1.54) is 5.56 Å². The molecule has 0 aromatic heterocycles. The lowest BCUT2D eigenvalue weighted by Crippen LogP contribution is -2.50. The molecule has 1 heterocycles. The Kier molecular flexibility index (Phi) is 7.31. The van der Waals surface area contributed by atoms with Gasteiger partial charge < -0.3 is 15.1 Å². The molecule has 0 saturated carbocycles. The van der Waals surface area contributed by atoms with E-state index in [2.05, 4.69) is 50.4 Å². The molecular formula is C23H37N3O2S. The summed E-state index contributed by atoms with van der Waals surface area (Å²) in [7, 11) is 0. The van der Waals surface area contributed by atoms with Crippen molar-refractivity contribution in [1.29, 1.82) is 0 Å². The first-order valence-corrected chi connectivity index (χ1v) is 11.4. The summed E-state index contributed by atoms with van der Waals surface area (Å²) >= 11 is 1.68. The zero-order valence-electron chi connectivity index (χ0n) is 19.2. The van der Waals surface area contributed by atoms with Gasteiger partial charge in [0.2, 0.25) is 5.91 Å². The van der Waals surface area contributed by atoms with Gasteiger partial charge in [-0.1, -0.05) is 45.0 Å². The van der Waals surface area contributed by atoms with E-state index in [-0.39, 0.29) is 33.5 Å². The van der Waals surface area contributed by atoms with Crippen LogP contribution in [0, 0.1) is 0 Å². The fraction of sp³-hybridized carbons (Fsp3) is 0.652. The second-order valence-electron chi connectivity index (χ2n) is 9.79. The van der Waals surface area contributed by atoms with Crippen molar-refractivity contribution in [2.45, 2.75) is 77.0 Å². The molecular weight excluding hydrogens is 382 g/mol. The van der Waals surface area contributed by atoms with Crippen LogP contribution in [0.5, 0.6) is 0 Å². The number of hydrogen-bond acceptors (Lipinski definition) is 3. The molecule has 2 rings (SSSR count). The van der Waals surface area contributed by atoms with E-state index in [1.807, 2.05) is 39.5 Å². The number of rotatable bonds is 5. The Balaban J connectivity index is 2.12. The summed E-state index contributed by atoms with van der Waals surface area (Å²) in [5.74, 6) is 0.146. The molecule has 1 N–H and O–H groups in total. The number of likely N-dealkylation sites (N-methyl/N-ethyl adjacent to an activating group) is 1. The number of thioether (sulfide) groups is 1. The number of benzene rings is 1. The molecule has 29 heavy (non-hydrogen) atoms. The minimum atomic E-state index is -0.282. The number of nitrogens with one attached hydrogen (secondary N) is 1. The van der Waals surface area contributed by atoms with Crippen LogP contribution in [0.2, 0.25) is 0 Å². The first kappa shape index (κ1) is 23.6. The van der Waals surface area contributed by atoms with Crippen LogP contribution in [0.25, 0.3) is 0 Å². The molecule has 2 atom stereocenters. The second-order valence-corrected chi connectivity index (χ2v) is 11.2. The maximum Gasteiger partial charge on any atom is 0.317 e. The van der Waals surface area contributed by atoms with Crippen molar-refractivity contribution >= 4 is 23.7 Å². The lowest BCUT2D eigenvalue weighted by molar-refractivity contribution is -0.129. The third kappa shape index (κ3) is 6.14. The van der Waals surface area contributed by atoms with Crippen LogP contribution in [0.4, 0.5) is 4.79 Å². The lowest BCUT2D eigenvalue weighted by atomic mass is 9.86. The largest absolute Gasteiger partial charge is 0.333 e. The molecule has 0 radical (unpaired) electrons. The third-order valence-corrected chi connectivity index (χ3v) is 6.46. The van der Waals surface area contributed by atoms with Gasteiger partial charge >= 0.3 is 6.03 Å². The standard InChI is InChI=1S/C23H37N3O2S/c1-9-25(21(28)24-23(6,7)8)14-15-26-19(27)16(2)29-20(26)17-10-12-18(13-11-17)22(3,4)5/h10-13,16,20H,9,14-15H2,1-8H3,(H,24,28)/t16-,20-/m0/s1. The Morgan fingerprint density at radius 1 is 1.14 bits per heavy atom. The van der Waals surface area contributed by atoms with Crippen molar-refractivity contribution in [2.24, 2.45) is 0 Å². The number of carbonyl (C=O) groups excluding carboxylic acids is 2. The van der Waals surface area contributed by atoms with E-state index in [0.29, 0.717) is 19.6 Å². The Hall–Kier alpha value is -1.69. The van der Waals surface area contributed by atoms with Gasteiger partial charge in [-0.3, -0.25) is 4.79 Å². The average molecular weight is 420 g/mol. The van der Waals surface area contributed by atoms with Crippen LogP contribution < -0.4 is 5.32 Å². The summed E-state index contributed by atoms with van der Waals surface area (Å²) in [5, 5.41) is 2.93. The highest BCUT2D eigenvalue weighted by molar-refractivity contribution is 8.01. The van der Waals surface area contributed by atoms with Crippen LogP contribution >= 0.6 is 11.8 Å². The lowest BCUT2D eigenvalue weighted by Gasteiger charge is -2.31. The number of amides is 3. The van der Waals surface area contributed by atoms with Crippen LogP contribution in [0.1, 0.15) is 71.9 Å². The van der Waals surface area contributed by atoms with Crippen molar-refractivity contribution in [1.82, 2.24) is 15.1 Å². The first-order chi connectivity index (χ1) is 13.3. The van der Waals surface area contributed by atoms with Crippen LogP contribution in [-0.4, -0.2) is 52.2 Å². The summed E-state index contributed by atoms with van der Waals surface area (Å²) in [4.78, 5) is 29.0. The maximum atomic E-state index is 12.8. The first-order valence-electron chi connectivity index (χ1n) is 10.5. The summed E-state index contributed by atoms with van der Waals surface area (Å²) < 4.78 is 0. The van der Waals surface area contributed by atoms with E-state index in [9.17, 15) is 9.59 Å². The fourth-order valence-corrected chi connectivity index (χ4v) is 4.65. The Morgan fingerprint density at radius 2 is 1.72 bits per heavy atom. The SMILES string of the molecule is CCN(CCN1C(=O)[C@H](C)S[C@H]1c1ccc(C(C)(C)C)cc1)C(=O)NC(C)(C)C. The number of nitrogens with zero attached hydrogens (tertiary/aromatic N) is 2. The highest BCUT2D eigenvalue weighted by atomic mass is 32.2. The van der Waals surface area contributed by atoms with Crippen molar-refractivity contribution in [2.75, 3.05) is 19.6 Å². The van der Waals surface area contributed by atoms with Crippen molar-refractivity contribution in [3.05, 3.63) is 35.4 Å². The highest BCUT2D eigenvalue weighted by Gasteiger charge is 2.38. The highest BCUT2D eigenvalue weighted by Crippen LogP contribution is 2.43. The molecule has 162 valence electrons. The Labute approximate surface area is 180 Å². The summed E-state index contributed by atoms with van der Waals surface area (Å²) in [6.45, 7) is 18.1. The molecule has 1 aromatic carbocycles. The number of carbonyl (C=O) groups is 2. The van der Waals surface area contributed by atoms with Crippen LogP contribution in [0.15, 0.2) is 24.3 Å². The predicted molar refractivity (Wildman–Crippen MR) is 122 cm³/mol. The van der Waals surface area contributed by atoms with Crippen molar-refractivity contribution in [3.63, 3.8) is 0 Å². The van der Waals surface area contributed by atoms with Crippen LogP contribution in [-0.2, 0) is 10.2 Å². The Morgan fingerprint density at radius 3 is 2.21 bits per heavy atom. The summed E-state index contributed by atoms with van der Waals surface area (Å²) in [6, 6.07) is 8.52. The molecule has 0 spiro atoms. The Bertz CT molecular complexity index is 719. The van der Waals surface area contributed by atoms with E-state index >= 15 is 0 Å². The van der Waals surface area contributed by atoms with E-state index < -0.39 is 0 Å². The number of urea groups is 1. The molecule has 1 aromatic rings. The summed E-state index contributed by atoms with van der Waals surface area (Å²) in [5.41, 5.74) is 2.25. The maximum absolute atomic E-state index is 12.8. The average Bonchev–Trinajstić information content (AvgIpc) is 2.88. The van der Waals surface area contributed by atoms with Crippen molar-refractivity contribution in [3.8, 4) is 0 Å². The zero-order chi connectivity index (χ0) is 22.0. The summed E-state index contributed by atoms with van der Waals surface area (Å²) in [6.07, 6.45) is 0. The van der Waals surface area contributed by atoms with Gasteiger partial charge in [0.1, 0.15) is 5.37 Å². The molecule has 1 aliphatic rings. The van der Waals surface area contributed by atoms with E-state index in [0.717, 1.165) is 5.56 Å². The predicted octanol–water partition coefficient (Wildman–Crippen LogP) is 4.78. The second kappa shape index (κ2) is 8.99. The van der Waals surface area contributed by atoms with Gasteiger partial charge in [0.05, 0.1) is 5.25 Å². The smallest absolute Gasteiger partial charge is 0.317 e. The van der Waals surface area contributed by atoms with Gasteiger partial charge in [0.25, 0.3) is 0 Å². The van der Waals surface area contributed by atoms with E-state index in [4.69, 9.17) is 0 Å². The number of hydrogen-bond donors (Lipinski definition) is 1. The monoisotopic (exact) mass is 419 g/mol. The minimum Gasteiger partial charge on any atom is -0.333 e. The molecule has 0 aliphatic carbocycles. The molecule has 0 bridgehead atoms. The topological polar surface area (TPSA) is 52.7 Å². The molecule has 1 saturated heterocycles. The van der Waals surface area contributed by atoms with Gasteiger partial charge in [-0.05, 0) is 51.2 Å². The quantitative estimate of drug-likeness (QED) is 0.747. The normalized spacial score (nSPS) is 20.1. The van der Waals surface area contributed by atoms with Gasteiger partial charge in [0.15, 0.2) is 0 Å². The molecule has 1 aliphatic heterocycles. The zero-order valence-corrected chi connectivity index (χ0v) is 20.0. The van der Waals surface area contributed by atoms with Gasteiger partial charge in [-0.15, -0.1) is 11.8 Å². The molecule has 3 amide bonds. The fourth-order valence-electron chi connectivity index (χ4n) is 3.34. The third-order valence-electron chi connectivity index (χ3n) is 5.07. The molecule has 6 heteroatoms. The van der Waals surface area contributed by atoms with Crippen LogP contribution in [0.3, 0.4) is 0 Å². The molecule has 0 unspecified atom stereocenters. The minimum absolute atomic E-state index is 0.00379. The van der Waals surface area contributed by atoms with Gasteiger partial charge in [-0.2, -0.15) is 0 Å². The van der Waals surface area contributed by atoms with Gasteiger partial charge in [0, 0.05) is 25.2 Å². The molecule has 1 fully saturated rings. The van der Waals surface area contributed by atoms with Gasteiger partial charge in [-0.25, -0.2) is 4.79 Å². The van der Waals surface area contributed by atoms with Crippen molar-refractivity contribution < 1.29 is 9.59 Å². The van der Waals surface area contributed by atoms with E-state index in [1.54, 1.807) is 16.7 Å². The molecule has 5 nitrogen and oxygen atoms in total.